The summed E-state index contributed by atoms with van der Waals surface area (Å²) in [6.07, 6.45) is 7.55. The number of benzene rings is 1. The predicted molar refractivity (Wildman–Crippen MR) is 71.9 cm³/mol. The Morgan fingerprint density at radius 1 is 1.06 bits per heavy atom. The van der Waals surface area contributed by atoms with Gasteiger partial charge in [0.05, 0.1) is 0 Å². The van der Waals surface area contributed by atoms with Crippen LogP contribution in [0.1, 0.15) is 32.1 Å². The summed E-state index contributed by atoms with van der Waals surface area (Å²) >= 11 is 0.601. The van der Waals surface area contributed by atoms with Gasteiger partial charge < -0.3 is 0 Å². The van der Waals surface area contributed by atoms with Crippen molar-refractivity contribution in [2.75, 3.05) is 6.61 Å². The molecule has 2 heteroatoms. The van der Waals surface area contributed by atoms with E-state index in [1.54, 1.807) is 0 Å². The summed E-state index contributed by atoms with van der Waals surface area (Å²) in [5.74, 6) is 0.869. The molecule has 17 heavy (non-hydrogen) atoms. The topological polar surface area (TPSA) is 9.23 Å². The standard InChI is InChI=1S/C15H20OSe/c1-2-7-13(8-3-1)17-14-10-12-6-4-5-9-15(12)16-11-14/h1-3,7-8,12,14-15H,4-6,9-11H2/t12-,14-,15+/m0/s1. The van der Waals surface area contributed by atoms with Gasteiger partial charge in [0, 0.05) is 0 Å². The molecular weight excluding hydrogens is 275 g/mol. The molecule has 2 fully saturated rings. The third-order valence-corrected chi connectivity index (χ3v) is 6.48. The van der Waals surface area contributed by atoms with E-state index < -0.39 is 0 Å². The van der Waals surface area contributed by atoms with Gasteiger partial charge >= 0.3 is 110 Å². The molecule has 0 spiro atoms. The normalized spacial score (nSPS) is 33.1. The van der Waals surface area contributed by atoms with E-state index in [9.17, 15) is 0 Å². The summed E-state index contributed by atoms with van der Waals surface area (Å²) in [4.78, 5) is 0.809. The first kappa shape index (κ1) is 11.8. The molecule has 1 aromatic carbocycles. The van der Waals surface area contributed by atoms with Crippen LogP contribution in [0.3, 0.4) is 0 Å². The first-order valence-electron chi connectivity index (χ1n) is 6.75. The molecule has 1 aliphatic heterocycles. The van der Waals surface area contributed by atoms with E-state index in [2.05, 4.69) is 30.3 Å². The molecule has 92 valence electrons. The van der Waals surface area contributed by atoms with Crippen LogP contribution in [0.5, 0.6) is 0 Å². The first-order valence-corrected chi connectivity index (χ1v) is 8.60. The summed E-state index contributed by atoms with van der Waals surface area (Å²) in [6.45, 7) is 1.01. The summed E-state index contributed by atoms with van der Waals surface area (Å²) in [5.41, 5.74) is 0. The van der Waals surface area contributed by atoms with Crippen LogP contribution in [-0.2, 0) is 4.74 Å². The van der Waals surface area contributed by atoms with Crippen molar-refractivity contribution < 1.29 is 4.74 Å². The third-order valence-electron chi connectivity index (χ3n) is 3.95. The zero-order valence-electron chi connectivity index (χ0n) is 10.2. The SMILES string of the molecule is c1ccc([Se][C@@H]2CO[C@@H]3CCCC[C@H]3C2)cc1. The van der Waals surface area contributed by atoms with Crippen molar-refractivity contribution in [2.45, 2.75) is 43.0 Å². The molecule has 3 rings (SSSR count). The van der Waals surface area contributed by atoms with Crippen LogP contribution < -0.4 is 4.46 Å². The van der Waals surface area contributed by atoms with Gasteiger partial charge in [0.2, 0.25) is 0 Å². The van der Waals surface area contributed by atoms with E-state index in [0.717, 1.165) is 17.3 Å². The fourth-order valence-electron chi connectivity index (χ4n) is 3.07. The molecule has 0 aromatic heterocycles. The third kappa shape index (κ3) is 2.93. The number of ether oxygens (including phenoxy) is 1. The molecule has 1 heterocycles. The molecule has 1 aromatic rings. The number of rotatable bonds is 2. The Bertz CT molecular complexity index is 351. The van der Waals surface area contributed by atoms with Gasteiger partial charge in [-0.25, -0.2) is 0 Å². The predicted octanol–water partition coefficient (Wildman–Crippen LogP) is 2.78. The van der Waals surface area contributed by atoms with Crippen molar-refractivity contribution in [1.29, 1.82) is 0 Å². The Labute approximate surface area is 110 Å². The van der Waals surface area contributed by atoms with Crippen molar-refractivity contribution in [3.05, 3.63) is 30.3 Å². The number of fused-ring (bicyclic) bond motifs is 1. The first-order chi connectivity index (χ1) is 8.42. The fraction of sp³-hybridized carbons (Fsp3) is 0.600. The Morgan fingerprint density at radius 2 is 1.88 bits per heavy atom. The Kier molecular flexibility index (Phi) is 3.85. The van der Waals surface area contributed by atoms with Crippen LogP contribution in [0.25, 0.3) is 0 Å². The Morgan fingerprint density at radius 3 is 2.76 bits per heavy atom. The second-order valence-corrected chi connectivity index (χ2v) is 8.09. The van der Waals surface area contributed by atoms with E-state index >= 15 is 0 Å². The van der Waals surface area contributed by atoms with E-state index in [4.69, 9.17) is 4.74 Å². The number of hydrogen-bond acceptors (Lipinski definition) is 1. The minimum atomic E-state index is 0.601. The van der Waals surface area contributed by atoms with Crippen LogP contribution >= 0.6 is 0 Å². The summed E-state index contributed by atoms with van der Waals surface area (Å²) in [7, 11) is 0. The second kappa shape index (κ2) is 5.56. The Balaban J connectivity index is 1.59. The molecule has 3 atom stereocenters. The van der Waals surface area contributed by atoms with Crippen molar-refractivity contribution in [2.24, 2.45) is 5.92 Å². The zero-order chi connectivity index (χ0) is 11.5. The second-order valence-electron chi connectivity index (χ2n) is 5.20. The molecule has 0 N–H and O–H groups in total. The molecule has 1 nitrogen and oxygen atoms in total. The number of hydrogen-bond donors (Lipinski definition) is 0. The summed E-state index contributed by atoms with van der Waals surface area (Å²) in [6, 6.07) is 11.0. The van der Waals surface area contributed by atoms with Gasteiger partial charge in [0.15, 0.2) is 0 Å². The summed E-state index contributed by atoms with van der Waals surface area (Å²) in [5, 5.41) is 0. The minimum absolute atomic E-state index is 0.601. The monoisotopic (exact) mass is 296 g/mol. The average molecular weight is 295 g/mol. The van der Waals surface area contributed by atoms with Gasteiger partial charge in [-0.05, 0) is 0 Å². The molecule has 2 aliphatic rings. The van der Waals surface area contributed by atoms with Gasteiger partial charge in [-0.2, -0.15) is 0 Å². The van der Waals surface area contributed by atoms with E-state index in [1.807, 2.05) is 0 Å². The molecule has 0 bridgehead atoms. The maximum absolute atomic E-state index is 6.08. The van der Waals surface area contributed by atoms with Gasteiger partial charge in [-0.1, -0.05) is 0 Å². The molecule has 0 radical (unpaired) electrons. The molecule has 0 unspecified atom stereocenters. The van der Waals surface area contributed by atoms with E-state index in [1.165, 1.54) is 36.6 Å². The van der Waals surface area contributed by atoms with Crippen LogP contribution in [0.2, 0.25) is 4.82 Å². The zero-order valence-corrected chi connectivity index (χ0v) is 11.9. The Hall–Kier alpha value is -0.301. The quantitative estimate of drug-likeness (QED) is 0.762. The van der Waals surface area contributed by atoms with Crippen LogP contribution in [0.4, 0.5) is 0 Å². The molecule has 1 saturated heterocycles. The molecular formula is C15H20OSe. The summed E-state index contributed by atoms with van der Waals surface area (Å²) < 4.78 is 7.61. The van der Waals surface area contributed by atoms with Gasteiger partial charge in [-0.15, -0.1) is 0 Å². The van der Waals surface area contributed by atoms with Crippen molar-refractivity contribution in [3.8, 4) is 0 Å². The van der Waals surface area contributed by atoms with E-state index in [0.29, 0.717) is 21.1 Å². The average Bonchev–Trinajstić information content (AvgIpc) is 2.40. The van der Waals surface area contributed by atoms with Gasteiger partial charge in [0.1, 0.15) is 0 Å². The van der Waals surface area contributed by atoms with Crippen LogP contribution in [0, 0.1) is 5.92 Å². The van der Waals surface area contributed by atoms with Crippen LogP contribution in [-0.4, -0.2) is 27.7 Å². The van der Waals surface area contributed by atoms with Crippen molar-refractivity contribution in [1.82, 2.24) is 0 Å². The van der Waals surface area contributed by atoms with Crippen LogP contribution in [0.15, 0.2) is 30.3 Å². The van der Waals surface area contributed by atoms with Gasteiger partial charge in [0.25, 0.3) is 0 Å². The van der Waals surface area contributed by atoms with Crippen molar-refractivity contribution >= 4 is 19.4 Å². The van der Waals surface area contributed by atoms with E-state index in [-0.39, 0.29) is 0 Å². The van der Waals surface area contributed by atoms with Crippen molar-refractivity contribution in [3.63, 3.8) is 0 Å². The molecule has 0 amide bonds. The maximum atomic E-state index is 6.08. The van der Waals surface area contributed by atoms with Gasteiger partial charge in [-0.3, -0.25) is 0 Å². The molecule has 1 aliphatic carbocycles. The fourth-order valence-corrected chi connectivity index (χ4v) is 5.57. The molecule has 1 saturated carbocycles.